The van der Waals surface area contributed by atoms with Crippen molar-refractivity contribution < 1.29 is 45.1 Å². The van der Waals surface area contributed by atoms with Gasteiger partial charge >= 0.3 is 12.3 Å². The third-order valence-electron chi connectivity index (χ3n) is 3.21. The standard InChI is InChI=1S/C15H19F3O7S/c1-4-14(2,3)24-12-9-10(5-6-11(12)25-15(16,17)18)13(19)23-7-8-26(20,21)22/h5-6,9H,4,7-8H2,1-3H3,(H,20,21,22)/p-1. The quantitative estimate of drug-likeness (QED) is 0.489. The van der Waals surface area contributed by atoms with Gasteiger partial charge in [-0.25, -0.2) is 13.2 Å². The van der Waals surface area contributed by atoms with Crippen LogP contribution in [0.2, 0.25) is 0 Å². The van der Waals surface area contributed by atoms with Crippen molar-refractivity contribution >= 4 is 16.1 Å². The van der Waals surface area contributed by atoms with E-state index in [0.29, 0.717) is 6.42 Å². The molecule has 0 atom stereocenters. The highest BCUT2D eigenvalue weighted by Crippen LogP contribution is 2.36. The molecule has 148 valence electrons. The molecule has 0 heterocycles. The second-order valence-corrected chi connectivity index (χ2v) is 7.35. The van der Waals surface area contributed by atoms with Crippen LogP contribution in [0.5, 0.6) is 11.5 Å². The fourth-order valence-electron chi connectivity index (χ4n) is 1.61. The van der Waals surface area contributed by atoms with Crippen LogP contribution in [0.4, 0.5) is 13.2 Å². The van der Waals surface area contributed by atoms with E-state index in [0.717, 1.165) is 18.2 Å². The van der Waals surface area contributed by atoms with Crippen LogP contribution >= 0.6 is 0 Å². The van der Waals surface area contributed by atoms with Crippen molar-refractivity contribution in [1.82, 2.24) is 0 Å². The Hall–Kier alpha value is -2.01. The average molecular weight is 399 g/mol. The van der Waals surface area contributed by atoms with E-state index in [2.05, 4.69) is 9.47 Å². The summed E-state index contributed by atoms with van der Waals surface area (Å²) in [6.45, 7) is 4.34. The lowest BCUT2D eigenvalue weighted by molar-refractivity contribution is -0.275. The lowest BCUT2D eigenvalue weighted by Crippen LogP contribution is -2.28. The fourth-order valence-corrected chi connectivity index (χ4v) is 1.90. The molecule has 1 rings (SSSR count). The summed E-state index contributed by atoms with van der Waals surface area (Å²) in [5.74, 6) is -2.91. The molecule has 7 nitrogen and oxygen atoms in total. The molecular formula is C15H18F3O7S-. The number of esters is 1. The van der Waals surface area contributed by atoms with E-state index < -0.39 is 46.2 Å². The third-order valence-corrected chi connectivity index (χ3v) is 3.88. The predicted octanol–water partition coefficient (Wildman–Crippen LogP) is 2.85. The molecule has 0 N–H and O–H groups in total. The van der Waals surface area contributed by atoms with Gasteiger partial charge in [0.25, 0.3) is 0 Å². The summed E-state index contributed by atoms with van der Waals surface area (Å²) in [5.41, 5.74) is -1.03. The van der Waals surface area contributed by atoms with E-state index in [1.807, 2.05) is 0 Å². The highest BCUT2D eigenvalue weighted by Gasteiger charge is 2.33. The first-order chi connectivity index (χ1) is 11.7. The monoisotopic (exact) mass is 399 g/mol. The number of hydrogen-bond donors (Lipinski definition) is 0. The molecule has 1 aromatic carbocycles. The van der Waals surface area contributed by atoms with E-state index in [1.165, 1.54) is 0 Å². The van der Waals surface area contributed by atoms with Crippen molar-refractivity contribution in [3.8, 4) is 11.5 Å². The minimum Gasteiger partial charge on any atom is -0.748 e. The summed E-state index contributed by atoms with van der Waals surface area (Å²) in [5, 5.41) is 0. The Balaban J connectivity index is 3.06. The summed E-state index contributed by atoms with van der Waals surface area (Å²) < 4.78 is 83.0. The first-order valence-electron chi connectivity index (χ1n) is 7.42. The van der Waals surface area contributed by atoms with Gasteiger partial charge in [-0.05, 0) is 38.5 Å². The number of ether oxygens (including phenoxy) is 3. The van der Waals surface area contributed by atoms with Crippen LogP contribution in [-0.4, -0.2) is 43.3 Å². The van der Waals surface area contributed by atoms with Gasteiger partial charge in [0.1, 0.15) is 12.2 Å². The van der Waals surface area contributed by atoms with Crippen molar-refractivity contribution in [2.24, 2.45) is 0 Å². The van der Waals surface area contributed by atoms with Crippen molar-refractivity contribution in [3.05, 3.63) is 23.8 Å². The minimum absolute atomic E-state index is 0.190. The first-order valence-corrected chi connectivity index (χ1v) is 9.00. The summed E-state index contributed by atoms with van der Waals surface area (Å²) in [7, 11) is -4.56. The molecule has 11 heteroatoms. The number of carbonyl (C=O) groups excluding carboxylic acids is 1. The zero-order valence-corrected chi connectivity index (χ0v) is 15.1. The molecule has 0 aliphatic heterocycles. The maximum Gasteiger partial charge on any atom is 0.573 e. The van der Waals surface area contributed by atoms with E-state index >= 15 is 0 Å². The Bertz CT molecular complexity index is 742. The summed E-state index contributed by atoms with van der Waals surface area (Å²) in [4.78, 5) is 11.9. The van der Waals surface area contributed by atoms with E-state index in [4.69, 9.17) is 4.74 Å². The maximum absolute atomic E-state index is 12.5. The second-order valence-electron chi connectivity index (χ2n) is 5.82. The van der Waals surface area contributed by atoms with Gasteiger partial charge in [0.05, 0.1) is 21.4 Å². The number of carbonyl (C=O) groups is 1. The van der Waals surface area contributed by atoms with Gasteiger partial charge < -0.3 is 18.8 Å². The highest BCUT2D eigenvalue weighted by atomic mass is 32.2. The van der Waals surface area contributed by atoms with Crippen LogP contribution in [-0.2, 0) is 14.9 Å². The summed E-state index contributed by atoms with van der Waals surface area (Å²) >= 11 is 0. The van der Waals surface area contributed by atoms with Gasteiger partial charge in [-0.15, -0.1) is 13.2 Å². The molecule has 0 saturated carbocycles. The largest absolute Gasteiger partial charge is 0.748 e. The number of hydrogen-bond acceptors (Lipinski definition) is 7. The van der Waals surface area contributed by atoms with E-state index in [9.17, 15) is 30.9 Å². The molecule has 26 heavy (non-hydrogen) atoms. The van der Waals surface area contributed by atoms with Crippen LogP contribution in [0.25, 0.3) is 0 Å². The van der Waals surface area contributed by atoms with E-state index in [-0.39, 0.29) is 11.3 Å². The maximum atomic E-state index is 12.5. The zero-order valence-electron chi connectivity index (χ0n) is 14.3. The molecular weight excluding hydrogens is 381 g/mol. The molecule has 0 aromatic heterocycles. The molecule has 0 bridgehead atoms. The van der Waals surface area contributed by atoms with Crippen molar-refractivity contribution in [2.75, 3.05) is 12.4 Å². The van der Waals surface area contributed by atoms with Crippen LogP contribution in [0.1, 0.15) is 37.6 Å². The Labute approximate surface area is 148 Å². The molecule has 0 radical (unpaired) electrons. The highest BCUT2D eigenvalue weighted by molar-refractivity contribution is 7.85. The molecule has 0 saturated heterocycles. The van der Waals surface area contributed by atoms with Crippen molar-refractivity contribution in [2.45, 2.75) is 39.2 Å². The molecule has 0 aliphatic rings. The third kappa shape index (κ3) is 7.91. The topological polar surface area (TPSA) is 102 Å². The Kier molecular flexibility index (Phi) is 6.88. The molecule has 0 aliphatic carbocycles. The zero-order chi connectivity index (χ0) is 20.2. The smallest absolute Gasteiger partial charge is 0.573 e. The van der Waals surface area contributed by atoms with Crippen LogP contribution in [0.15, 0.2) is 18.2 Å². The molecule has 0 fully saturated rings. The van der Waals surface area contributed by atoms with Gasteiger partial charge in [0.15, 0.2) is 11.5 Å². The number of halogens is 3. The van der Waals surface area contributed by atoms with Crippen LogP contribution in [0.3, 0.4) is 0 Å². The Morgan fingerprint density at radius 1 is 1.15 bits per heavy atom. The predicted molar refractivity (Wildman–Crippen MR) is 83.0 cm³/mol. The fraction of sp³-hybridized carbons (Fsp3) is 0.533. The van der Waals surface area contributed by atoms with Gasteiger partial charge in [0.2, 0.25) is 0 Å². The molecule has 0 spiro atoms. The lowest BCUT2D eigenvalue weighted by atomic mass is 10.1. The SMILES string of the molecule is CCC(C)(C)Oc1cc(C(=O)OCCS(=O)(=O)[O-])ccc1OC(F)(F)F. The Morgan fingerprint density at radius 2 is 1.77 bits per heavy atom. The lowest BCUT2D eigenvalue weighted by Gasteiger charge is -2.26. The molecule has 0 unspecified atom stereocenters. The van der Waals surface area contributed by atoms with Crippen molar-refractivity contribution in [3.63, 3.8) is 0 Å². The molecule has 1 aromatic rings. The normalized spacial score (nSPS) is 12.6. The second kappa shape index (κ2) is 8.12. The summed E-state index contributed by atoms with van der Waals surface area (Å²) in [6, 6.07) is 2.88. The van der Waals surface area contributed by atoms with Gasteiger partial charge in [-0.1, -0.05) is 6.92 Å². The average Bonchev–Trinajstić information content (AvgIpc) is 2.46. The van der Waals surface area contributed by atoms with Gasteiger partial charge in [0, 0.05) is 0 Å². The number of benzene rings is 1. The summed E-state index contributed by atoms with van der Waals surface area (Å²) in [6.07, 6.45) is -4.51. The minimum atomic E-state index is -4.96. The Morgan fingerprint density at radius 3 is 2.27 bits per heavy atom. The molecule has 0 amide bonds. The van der Waals surface area contributed by atoms with Crippen LogP contribution in [0, 0.1) is 0 Å². The van der Waals surface area contributed by atoms with Crippen LogP contribution < -0.4 is 9.47 Å². The first kappa shape index (κ1) is 22.0. The van der Waals surface area contributed by atoms with Crippen molar-refractivity contribution in [1.29, 1.82) is 0 Å². The number of alkyl halides is 3. The van der Waals surface area contributed by atoms with Gasteiger partial charge in [-0.3, -0.25) is 0 Å². The number of rotatable bonds is 8. The van der Waals surface area contributed by atoms with E-state index in [1.54, 1.807) is 20.8 Å². The van der Waals surface area contributed by atoms with Gasteiger partial charge in [-0.2, -0.15) is 0 Å².